The van der Waals surface area contributed by atoms with Crippen LogP contribution >= 0.6 is 0 Å². The van der Waals surface area contributed by atoms with Gasteiger partial charge in [0.15, 0.2) is 9.76 Å². The van der Waals surface area contributed by atoms with Gasteiger partial charge in [-0.2, -0.15) is 0 Å². The van der Waals surface area contributed by atoms with Crippen LogP contribution in [-0.2, 0) is 10.5 Å². The van der Waals surface area contributed by atoms with Crippen LogP contribution in [-0.4, -0.2) is 16.4 Å². The van der Waals surface area contributed by atoms with E-state index in [1.54, 1.807) is 0 Å². The Labute approximate surface area is 101 Å². The van der Waals surface area contributed by atoms with E-state index < -0.39 is 9.76 Å². The number of benzene rings is 1. The number of hydrogen-bond donors (Lipinski definition) is 0. The molecular formula is C14H20OSi. The summed E-state index contributed by atoms with van der Waals surface area (Å²) in [7, 11) is -0.414. The molecule has 0 saturated carbocycles. The summed E-state index contributed by atoms with van der Waals surface area (Å²) in [5.41, 5.74) is 1.39. The van der Waals surface area contributed by atoms with E-state index in [1.807, 2.05) is 18.2 Å². The normalized spacial score (nSPS) is 11.1. The zero-order valence-corrected chi connectivity index (χ0v) is 11.2. The van der Waals surface area contributed by atoms with Crippen molar-refractivity contribution in [3.8, 4) is 0 Å². The van der Waals surface area contributed by atoms with Gasteiger partial charge >= 0.3 is 0 Å². The largest absolute Gasteiger partial charge is 0.424 e. The third-order valence-corrected chi connectivity index (χ3v) is 3.94. The number of allylic oxidation sites excluding steroid dienone is 2. The van der Waals surface area contributed by atoms with Crippen LogP contribution < -0.4 is 0 Å². The van der Waals surface area contributed by atoms with Gasteiger partial charge in [-0.15, -0.1) is 13.2 Å². The van der Waals surface area contributed by atoms with E-state index in [9.17, 15) is 0 Å². The molecule has 0 fully saturated rings. The van der Waals surface area contributed by atoms with Gasteiger partial charge in [0.1, 0.15) is 0 Å². The van der Waals surface area contributed by atoms with Gasteiger partial charge in [-0.25, -0.2) is 0 Å². The molecule has 0 aliphatic rings. The fourth-order valence-electron chi connectivity index (χ4n) is 1.49. The molecule has 1 aromatic rings. The van der Waals surface area contributed by atoms with Gasteiger partial charge in [-0.1, -0.05) is 42.5 Å². The van der Waals surface area contributed by atoms with Gasteiger partial charge in [-0.3, -0.25) is 0 Å². The Bertz CT molecular complexity index is 300. The molecule has 0 aliphatic heterocycles. The standard InChI is InChI=1S/C14H20OSi/c1-3-13(4-2)10-11-15-16-12-14-8-6-5-7-9-14/h3-9,13H,1-2,10-12,16H2. The lowest BCUT2D eigenvalue weighted by molar-refractivity contribution is 0.316. The van der Waals surface area contributed by atoms with E-state index in [4.69, 9.17) is 4.43 Å². The third kappa shape index (κ3) is 5.10. The Morgan fingerprint density at radius 2 is 1.88 bits per heavy atom. The molecule has 0 saturated heterocycles. The number of rotatable bonds is 8. The summed E-state index contributed by atoms with van der Waals surface area (Å²) in [4.78, 5) is 0. The molecule has 0 aliphatic carbocycles. The van der Waals surface area contributed by atoms with E-state index in [2.05, 4.69) is 37.4 Å². The van der Waals surface area contributed by atoms with Crippen molar-refractivity contribution in [2.45, 2.75) is 12.5 Å². The van der Waals surface area contributed by atoms with Crippen molar-refractivity contribution in [1.29, 1.82) is 0 Å². The van der Waals surface area contributed by atoms with Crippen molar-refractivity contribution in [2.24, 2.45) is 5.92 Å². The molecule has 0 amide bonds. The molecule has 0 N–H and O–H groups in total. The average Bonchev–Trinajstić information content (AvgIpc) is 2.35. The highest BCUT2D eigenvalue weighted by Gasteiger charge is 1.98. The van der Waals surface area contributed by atoms with Gasteiger partial charge in [0.25, 0.3) is 0 Å². The van der Waals surface area contributed by atoms with Crippen LogP contribution in [0.2, 0.25) is 0 Å². The molecule has 1 nitrogen and oxygen atoms in total. The van der Waals surface area contributed by atoms with E-state index in [0.29, 0.717) is 5.92 Å². The minimum Gasteiger partial charge on any atom is -0.424 e. The highest BCUT2D eigenvalue weighted by molar-refractivity contribution is 6.26. The molecule has 0 bridgehead atoms. The fourth-order valence-corrected chi connectivity index (χ4v) is 2.57. The van der Waals surface area contributed by atoms with E-state index >= 15 is 0 Å². The molecule has 0 atom stereocenters. The highest BCUT2D eigenvalue weighted by atomic mass is 28.2. The van der Waals surface area contributed by atoms with Crippen molar-refractivity contribution >= 4 is 9.76 Å². The molecule has 86 valence electrons. The third-order valence-electron chi connectivity index (χ3n) is 2.58. The maximum atomic E-state index is 5.72. The smallest absolute Gasteiger partial charge is 0.165 e. The second kappa shape index (κ2) is 8.08. The predicted molar refractivity (Wildman–Crippen MR) is 73.1 cm³/mol. The first-order chi connectivity index (χ1) is 7.86. The molecule has 0 unspecified atom stereocenters. The monoisotopic (exact) mass is 232 g/mol. The van der Waals surface area contributed by atoms with Gasteiger partial charge in [0, 0.05) is 6.61 Å². The molecule has 0 spiro atoms. The maximum Gasteiger partial charge on any atom is 0.165 e. The Balaban J connectivity index is 2.08. The Kier molecular flexibility index (Phi) is 6.54. The molecule has 1 aromatic carbocycles. The summed E-state index contributed by atoms with van der Waals surface area (Å²) in [6.07, 6.45) is 4.86. The Morgan fingerprint density at radius 3 is 2.50 bits per heavy atom. The van der Waals surface area contributed by atoms with Crippen LogP contribution in [0.25, 0.3) is 0 Å². The van der Waals surface area contributed by atoms with E-state index in [-0.39, 0.29) is 0 Å². The lowest BCUT2D eigenvalue weighted by atomic mass is 10.1. The minimum absolute atomic E-state index is 0.394. The van der Waals surface area contributed by atoms with Crippen LogP contribution in [0.15, 0.2) is 55.6 Å². The maximum absolute atomic E-state index is 5.72. The molecule has 2 heteroatoms. The molecule has 0 aromatic heterocycles. The highest BCUT2D eigenvalue weighted by Crippen LogP contribution is 2.05. The van der Waals surface area contributed by atoms with Gasteiger partial charge in [-0.05, 0) is 23.9 Å². The summed E-state index contributed by atoms with van der Waals surface area (Å²) in [6, 6.07) is 11.6. The average molecular weight is 232 g/mol. The van der Waals surface area contributed by atoms with Crippen LogP contribution in [0.1, 0.15) is 12.0 Å². The summed E-state index contributed by atoms with van der Waals surface area (Å²) >= 11 is 0. The molecule has 1 rings (SSSR count). The summed E-state index contributed by atoms with van der Waals surface area (Å²) in [6.45, 7) is 8.36. The van der Waals surface area contributed by atoms with Crippen LogP contribution in [0.4, 0.5) is 0 Å². The SMILES string of the molecule is C=CC(C=C)CCO[SiH2]Cc1ccccc1. The molecule has 0 radical (unpaired) electrons. The summed E-state index contributed by atoms with van der Waals surface area (Å²) in [5, 5.41) is 0. The Hall–Kier alpha value is -1.12. The zero-order chi connectivity index (χ0) is 11.6. The topological polar surface area (TPSA) is 9.23 Å². The second-order valence-corrected chi connectivity index (χ2v) is 5.09. The minimum atomic E-state index is -0.414. The van der Waals surface area contributed by atoms with E-state index in [1.165, 1.54) is 5.56 Å². The number of hydrogen-bond acceptors (Lipinski definition) is 1. The first kappa shape index (κ1) is 12.9. The quantitative estimate of drug-likeness (QED) is 0.380. The molecule has 0 heterocycles. The van der Waals surface area contributed by atoms with Gasteiger partial charge in [0.2, 0.25) is 0 Å². The van der Waals surface area contributed by atoms with Crippen molar-refractivity contribution in [3.05, 3.63) is 61.2 Å². The molecular weight excluding hydrogens is 212 g/mol. The van der Waals surface area contributed by atoms with Crippen molar-refractivity contribution in [1.82, 2.24) is 0 Å². The van der Waals surface area contributed by atoms with Crippen molar-refractivity contribution in [3.63, 3.8) is 0 Å². The second-order valence-electron chi connectivity index (χ2n) is 3.77. The Morgan fingerprint density at radius 1 is 1.19 bits per heavy atom. The first-order valence-corrected chi connectivity index (χ1v) is 7.31. The summed E-state index contributed by atoms with van der Waals surface area (Å²) in [5.74, 6) is 0.394. The van der Waals surface area contributed by atoms with Crippen molar-refractivity contribution in [2.75, 3.05) is 6.61 Å². The van der Waals surface area contributed by atoms with Gasteiger partial charge in [0.05, 0.1) is 0 Å². The van der Waals surface area contributed by atoms with Crippen LogP contribution in [0.3, 0.4) is 0 Å². The van der Waals surface area contributed by atoms with Crippen molar-refractivity contribution < 1.29 is 4.43 Å². The van der Waals surface area contributed by atoms with Crippen LogP contribution in [0.5, 0.6) is 0 Å². The van der Waals surface area contributed by atoms with Gasteiger partial charge < -0.3 is 4.43 Å². The lowest BCUT2D eigenvalue weighted by Crippen LogP contribution is -2.07. The first-order valence-electron chi connectivity index (χ1n) is 5.73. The lowest BCUT2D eigenvalue weighted by Gasteiger charge is -2.07. The molecule has 16 heavy (non-hydrogen) atoms. The van der Waals surface area contributed by atoms with E-state index in [0.717, 1.165) is 19.1 Å². The fraction of sp³-hybridized carbons (Fsp3) is 0.286. The zero-order valence-electron chi connectivity index (χ0n) is 9.77. The summed E-state index contributed by atoms with van der Waals surface area (Å²) < 4.78 is 5.72. The van der Waals surface area contributed by atoms with Crippen LogP contribution in [0, 0.1) is 5.92 Å². The predicted octanol–water partition coefficient (Wildman–Crippen LogP) is 2.67.